The predicted octanol–water partition coefficient (Wildman–Crippen LogP) is 3.42. The lowest BCUT2D eigenvalue weighted by Crippen LogP contribution is -2.29. The zero-order chi connectivity index (χ0) is 20.5. The Morgan fingerprint density at radius 2 is 1.54 bits per heavy atom. The van der Waals surface area contributed by atoms with E-state index in [1.807, 2.05) is 6.92 Å². The maximum absolute atomic E-state index is 12.2. The van der Waals surface area contributed by atoms with Gasteiger partial charge in [-0.15, -0.1) is 0 Å². The number of rotatable bonds is 7. The molecule has 2 rings (SSSR count). The third kappa shape index (κ3) is 5.77. The first-order chi connectivity index (χ1) is 13.4. The highest BCUT2D eigenvalue weighted by molar-refractivity contribution is 6.44. The van der Waals surface area contributed by atoms with Crippen molar-refractivity contribution in [1.82, 2.24) is 0 Å². The van der Waals surface area contributed by atoms with Gasteiger partial charge in [-0.05, 0) is 49.7 Å². The second-order valence-electron chi connectivity index (χ2n) is 6.08. The van der Waals surface area contributed by atoms with Gasteiger partial charge < -0.3 is 15.4 Å². The van der Waals surface area contributed by atoms with Crippen molar-refractivity contribution in [2.45, 2.75) is 26.7 Å². The van der Waals surface area contributed by atoms with Crippen molar-refractivity contribution < 1.29 is 23.9 Å². The van der Waals surface area contributed by atoms with Crippen LogP contribution in [0.3, 0.4) is 0 Å². The fourth-order valence-corrected chi connectivity index (χ4v) is 2.31. The number of esters is 1. The second kappa shape index (κ2) is 10.0. The highest BCUT2D eigenvalue weighted by Crippen LogP contribution is 2.17. The molecule has 2 aromatic carbocycles. The van der Waals surface area contributed by atoms with Crippen LogP contribution in [0.2, 0.25) is 0 Å². The van der Waals surface area contributed by atoms with Crippen LogP contribution in [0.4, 0.5) is 11.4 Å². The SMILES string of the molecule is CCCCOC(=O)c1ccccc1NC(=O)C(=O)Nc1ccc(C(C)=O)cc1. The summed E-state index contributed by atoms with van der Waals surface area (Å²) in [4.78, 5) is 47.8. The molecule has 0 bridgehead atoms. The molecule has 0 aliphatic heterocycles. The van der Waals surface area contributed by atoms with Crippen molar-refractivity contribution in [1.29, 1.82) is 0 Å². The van der Waals surface area contributed by atoms with Gasteiger partial charge in [0.15, 0.2) is 5.78 Å². The van der Waals surface area contributed by atoms with E-state index in [1.54, 1.807) is 24.3 Å². The molecule has 0 atom stereocenters. The first-order valence-corrected chi connectivity index (χ1v) is 8.92. The molecule has 7 nitrogen and oxygen atoms in total. The summed E-state index contributed by atoms with van der Waals surface area (Å²) in [5.74, 6) is -2.49. The third-order valence-electron chi connectivity index (χ3n) is 3.88. The van der Waals surface area contributed by atoms with E-state index in [0.29, 0.717) is 11.3 Å². The van der Waals surface area contributed by atoms with Gasteiger partial charge in [-0.3, -0.25) is 14.4 Å². The molecule has 146 valence electrons. The van der Waals surface area contributed by atoms with Crippen LogP contribution in [-0.4, -0.2) is 30.2 Å². The Morgan fingerprint density at radius 3 is 2.18 bits per heavy atom. The van der Waals surface area contributed by atoms with E-state index in [0.717, 1.165) is 12.8 Å². The number of benzene rings is 2. The number of nitrogens with one attached hydrogen (secondary N) is 2. The van der Waals surface area contributed by atoms with Crippen LogP contribution in [0.1, 0.15) is 47.4 Å². The van der Waals surface area contributed by atoms with Gasteiger partial charge >= 0.3 is 17.8 Å². The maximum Gasteiger partial charge on any atom is 0.340 e. The van der Waals surface area contributed by atoms with E-state index < -0.39 is 17.8 Å². The van der Waals surface area contributed by atoms with Gasteiger partial charge in [-0.1, -0.05) is 25.5 Å². The lowest BCUT2D eigenvalue weighted by Gasteiger charge is -2.11. The number of para-hydroxylation sites is 1. The van der Waals surface area contributed by atoms with Crippen LogP contribution in [0.5, 0.6) is 0 Å². The fourth-order valence-electron chi connectivity index (χ4n) is 2.31. The molecular formula is C21H22N2O5. The monoisotopic (exact) mass is 382 g/mol. The molecule has 0 aromatic heterocycles. The standard InChI is InChI=1S/C21H22N2O5/c1-3-4-13-28-21(27)17-7-5-6-8-18(17)23-20(26)19(25)22-16-11-9-15(10-12-16)14(2)24/h5-12H,3-4,13H2,1-2H3,(H,22,25)(H,23,26). The lowest BCUT2D eigenvalue weighted by atomic mass is 10.1. The molecule has 0 aliphatic rings. The molecule has 0 saturated carbocycles. The molecular weight excluding hydrogens is 360 g/mol. The summed E-state index contributed by atoms with van der Waals surface area (Å²) in [6.45, 7) is 3.70. The van der Waals surface area contributed by atoms with Crippen molar-refractivity contribution in [3.8, 4) is 0 Å². The van der Waals surface area contributed by atoms with Crippen LogP contribution in [0.25, 0.3) is 0 Å². The van der Waals surface area contributed by atoms with E-state index in [2.05, 4.69) is 10.6 Å². The van der Waals surface area contributed by atoms with Gasteiger partial charge in [-0.2, -0.15) is 0 Å². The molecule has 0 spiro atoms. The molecule has 0 radical (unpaired) electrons. The molecule has 2 aromatic rings. The summed E-state index contributed by atoms with van der Waals surface area (Å²) in [5, 5.41) is 4.87. The van der Waals surface area contributed by atoms with Crippen LogP contribution < -0.4 is 10.6 Å². The number of carbonyl (C=O) groups excluding carboxylic acids is 4. The Labute approximate surface area is 163 Å². The summed E-state index contributed by atoms with van der Waals surface area (Å²) < 4.78 is 5.16. The number of ether oxygens (including phenoxy) is 1. The molecule has 0 heterocycles. The Morgan fingerprint density at radius 1 is 0.893 bits per heavy atom. The highest BCUT2D eigenvalue weighted by Gasteiger charge is 2.18. The van der Waals surface area contributed by atoms with E-state index in [1.165, 1.54) is 31.2 Å². The van der Waals surface area contributed by atoms with Gasteiger partial charge in [0.25, 0.3) is 0 Å². The molecule has 7 heteroatoms. The molecule has 28 heavy (non-hydrogen) atoms. The molecule has 2 amide bonds. The first-order valence-electron chi connectivity index (χ1n) is 8.92. The molecule has 0 unspecified atom stereocenters. The van der Waals surface area contributed by atoms with E-state index in [9.17, 15) is 19.2 Å². The summed E-state index contributed by atoms with van der Waals surface area (Å²) in [5.41, 5.74) is 1.23. The number of Topliss-reactive ketones (excluding diaryl/α,β-unsaturated/α-hetero) is 1. The average molecular weight is 382 g/mol. The molecule has 0 saturated heterocycles. The van der Waals surface area contributed by atoms with Crippen molar-refractivity contribution in [3.63, 3.8) is 0 Å². The Bertz CT molecular complexity index is 875. The van der Waals surface area contributed by atoms with E-state index in [-0.39, 0.29) is 23.6 Å². The summed E-state index contributed by atoms with van der Waals surface area (Å²) >= 11 is 0. The summed E-state index contributed by atoms with van der Waals surface area (Å²) in [7, 11) is 0. The second-order valence-corrected chi connectivity index (χ2v) is 6.08. The highest BCUT2D eigenvalue weighted by atomic mass is 16.5. The topological polar surface area (TPSA) is 102 Å². The maximum atomic E-state index is 12.2. The van der Waals surface area contributed by atoms with Crippen LogP contribution in [0.15, 0.2) is 48.5 Å². The van der Waals surface area contributed by atoms with Gasteiger partial charge in [0.05, 0.1) is 17.9 Å². The van der Waals surface area contributed by atoms with Gasteiger partial charge in [0.1, 0.15) is 0 Å². The third-order valence-corrected chi connectivity index (χ3v) is 3.88. The average Bonchev–Trinajstić information content (AvgIpc) is 2.68. The van der Waals surface area contributed by atoms with Gasteiger partial charge in [0.2, 0.25) is 0 Å². The Hall–Kier alpha value is -3.48. The minimum absolute atomic E-state index is 0.0990. The van der Waals surface area contributed by atoms with Crippen molar-refractivity contribution in [2.24, 2.45) is 0 Å². The Balaban J connectivity index is 2.02. The number of hydrogen-bond donors (Lipinski definition) is 2. The van der Waals surface area contributed by atoms with Gasteiger partial charge in [-0.25, -0.2) is 4.79 Å². The number of amides is 2. The normalized spacial score (nSPS) is 10.1. The molecule has 0 aliphatic carbocycles. The summed E-state index contributed by atoms with van der Waals surface area (Å²) in [6.07, 6.45) is 1.63. The van der Waals surface area contributed by atoms with Crippen LogP contribution in [0, 0.1) is 0 Å². The van der Waals surface area contributed by atoms with Crippen molar-refractivity contribution in [3.05, 3.63) is 59.7 Å². The molecule has 0 fully saturated rings. The smallest absolute Gasteiger partial charge is 0.340 e. The lowest BCUT2D eigenvalue weighted by molar-refractivity contribution is -0.133. The minimum Gasteiger partial charge on any atom is -0.462 e. The predicted molar refractivity (Wildman–Crippen MR) is 105 cm³/mol. The number of unbranched alkanes of at least 4 members (excludes halogenated alkanes) is 1. The largest absolute Gasteiger partial charge is 0.462 e. The number of ketones is 1. The first kappa shape index (κ1) is 20.8. The number of anilines is 2. The van der Waals surface area contributed by atoms with E-state index >= 15 is 0 Å². The quantitative estimate of drug-likeness (QED) is 0.331. The van der Waals surface area contributed by atoms with Crippen LogP contribution >= 0.6 is 0 Å². The van der Waals surface area contributed by atoms with Gasteiger partial charge in [0, 0.05) is 11.3 Å². The zero-order valence-corrected chi connectivity index (χ0v) is 15.8. The molecule has 2 N–H and O–H groups in total. The zero-order valence-electron chi connectivity index (χ0n) is 15.8. The Kier molecular flexibility index (Phi) is 7.45. The minimum atomic E-state index is -0.926. The number of carbonyl (C=O) groups is 4. The summed E-state index contributed by atoms with van der Waals surface area (Å²) in [6, 6.07) is 12.5. The number of hydrogen-bond acceptors (Lipinski definition) is 5. The van der Waals surface area contributed by atoms with E-state index in [4.69, 9.17) is 4.74 Å². The van der Waals surface area contributed by atoms with Crippen LogP contribution in [-0.2, 0) is 14.3 Å². The fraction of sp³-hybridized carbons (Fsp3) is 0.238. The van der Waals surface area contributed by atoms with Crippen molar-refractivity contribution in [2.75, 3.05) is 17.2 Å². The van der Waals surface area contributed by atoms with Crippen molar-refractivity contribution >= 4 is 34.9 Å².